The van der Waals surface area contributed by atoms with Crippen LogP contribution in [0.3, 0.4) is 0 Å². The zero-order valence-electron chi connectivity index (χ0n) is 9.90. The zero-order chi connectivity index (χ0) is 12.4. The van der Waals surface area contributed by atoms with E-state index in [-0.39, 0.29) is 0 Å². The van der Waals surface area contributed by atoms with Gasteiger partial charge in [0.25, 0.3) is 5.19 Å². The van der Waals surface area contributed by atoms with Crippen LogP contribution in [-0.4, -0.2) is 9.36 Å². The third-order valence-corrected chi connectivity index (χ3v) is 3.45. The van der Waals surface area contributed by atoms with Crippen LogP contribution in [0.5, 0.6) is 10.9 Å². The molecule has 3 nitrogen and oxygen atoms in total. The SMILES string of the molecule is Cc1ccc(Oc2nc(C(C)C)ns2)c(Br)c1. The number of aromatic nitrogens is 2. The van der Waals surface area contributed by atoms with Crippen LogP contribution >= 0.6 is 27.5 Å². The molecule has 1 aromatic carbocycles. The van der Waals surface area contributed by atoms with Crippen molar-refractivity contribution < 1.29 is 4.74 Å². The van der Waals surface area contributed by atoms with Crippen LogP contribution in [0.2, 0.25) is 0 Å². The van der Waals surface area contributed by atoms with Crippen molar-refractivity contribution in [3.05, 3.63) is 34.1 Å². The summed E-state index contributed by atoms with van der Waals surface area (Å²) in [5.41, 5.74) is 1.18. The predicted octanol–water partition coefficient (Wildman–Crippen LogP) is 4.52. The Morgan fingerprint density at radius 2 is 2.12 bits per heavy atom. The van der Waals surface area contributed by atoms with Crippen molar-refractivity contribution in [3.63, 3.8) is 0 Å². The molecule has 0 aliphatic carbocycles. The van der Waals surface area contributed by atoms with Gasteiger partial charge in [-0.15, -0.1) is 0 Å². The molecule has 90 valence electrons. The fraction of sp³-hybridized carbons (Fsp3) is 0.333. The molecule has 17 heavy (non-hydrogen) atoms. The molecule has 0 spiro atoms. The number of rotatable bonds is 3. The molecule has 0 fully saturated rings. The minimum Gasteiger partial charge on any atom is -0.429 e. The second kappa shape index (κ2) is 5.14. The minimum absolute atomic E-state index is 0.324. The van der Waals surface area contributed by atoms with E-state index < -0.39 is 0 Å². The summed E-state index contributed by atoms with van der Waals surface area (Å²) < 4.78 is 10.9. The molecular formula is C12H13BrN2OS. The number of hydrogen-bond donors (Lipinski definition) is 0. The maximum Gasteiger partial charge on any atom is 0.298 e. The van der Waals surface area contributed by atoms with Crippen molar-refractivity contribution in [2.75, 3.05) is 0 Å². The van der Waals surface area contributed by atoms with Gasteiger partial charge in [-0.3, -0.25) is 0 Å². The number of ether oxygens (including phenoxy) is 1. The molecule has 0 amide bonds. The Labute approximate surface area is 113 Å². The quantitative estimate of drug-likeness (QED) is 0.835. The predicted molar refractivity (Wildman–Crippen MR) is 73.0 cm³/mol. The molecular weight excluding hydrogens is 300 g/mol. The normalized spacial score (nSPS) is 10.9. The Morgan fingerprint density at radius 3 is 2.71 bits per heavy atom. The maximum atomic E-state index is 5.69. The van der Waals surface area contributed by atoms with E-state index in [1.165, 1.54) is 17.1 Å². The van der Waals surface area contributed by atoms with Gasteiger partial charge in [0.2, 0.25) is 0 Å². The molecule has 0 aliphatic rings. The lowest BCUT2D eigenvalue weighted by Crippen LogP contribution is -1.90. The molecule has 0 bridgehead atoms. The van der Waals surface area contributed by atoms with Crippen LogP contribution < -0.4 is 4.74 Å². The van der Waals surface area contributed by atoms with Crippen molar-refractivity contribution in [2.45, 2.75) is 26.7 Å². The Morgan fingerprint density at radius 1 is 1.35 bits per heavy atom. The van der Waals surface area contributed by atoms with Crippen LogP contribution in [0.15, 0.2) is 22.7 Å². The lowest BCUT2D eigenvalue weighted by atomic mass is 10.2. The molecule has 0 atom stereocenters. The van der Waals surface area contributed by atoms with Crippen molar-refractivity contribution >= 4 is 27.5 Å². The molecule has 0 N–H and O–H groups in total. The number of nitrogens with zero attached hydrogens (tertiary/aromatic N) is 2. The summed E-state index contributed by atoms with van der Waals surface area (Å²) in [6.45, 7) is 6.16. The fourth-order valence-electron chi connectivity index (χ4n) is 1.28. The number of halogens is 1. The average Bonchev–Trinajstić information content (AvgIpc) is 2.71. The molecule has 0 unspecified atom stereocenters. The summed E-state index contributed by atoms with van der Waals surface area (Å²) in [6, 6.07) is 5.94. The lowest BCUT2D eigenvalue weighted by molar-refractivity contribution is 0.473. The minimum atomic E-state index is 0.324. The van der Waals surface area contributed by atoms with Crippen LogP contribution in [0.1, 0.15) is 31.2 Å². The Kier molecular flexibility index (Phi) is 3.79. The summed E-state index contributed by atoms with van der Waals surface area (Å²) in [7, 11) is 0. The highest BCUT2D eigenvalue weighted by Gasteiger charge is 2.10. The summed E-state index contributed by atoms with van der Waals surface area (Å²) in [6.07, 6.45) is 0. The van der Waals surface area contributed by atoms with Gasteiger partial charge < -0.3 is 4.74 Å². The maximum absolute atomic E-state index is 5.69. The monoisotopic (exact) mass is 312 g/mol. The summed E-state index contributed by atoms with van der Waals surface area (Å²) in [4.78, 5) is 4.33. The van der Waals surface area contributed by atoms with Gasteiger partial charge in [-0.25, -0.2) is 0 Å². The highest BCUT2D eigenvalue weighted by Crippen LogP contribution is 2.31. The van der Waals surface area contributed by atoms with E-state index in [0.717, 1.165) is 16.0 Å². The first-order valence-electron chi connectivity index (χ1n) is 5.34. The van der Waals surface area contributed by atoms with Crippen molar-refractivity contribution in [1.29, 1.82) is 0 Å². The number of benzene rings is 1. The van der Waals surface area contributed by atoms with Gasteiger partial charge in [0.1, 0.15) is 11.6 Å². The molecule has 2 rings (SSSR count). The van der Waals surface area contributed by atoms with Gasteiger partial charge in [0, 0.05) is 17.5 Å². The first-order chi connectivity index (χ1) is 8.06. The van der Waals surface area contributed by atoms with Crippen molar-refractivity contribution in [3.8, 4) is 10.9 Å². The van der Waals surface area contributed by atoms with E-state index in [1.807, 2.05) is 25.1 Å². The van der Waals surface area contributed by atoms with Gasteiger partial charge in [-0.2, -0.15) is 9.36 Å². The third kappa shape index (κ3) is 3.04. The second-order valence-corrected chi connectivity index (χ2v) is 5.68. The van der Waals surface area contributed by atoms with Gasteiger partial charge >= 0.3 is 0 Å². The highest BCUT2D eigenvalue weighted by molar-refractivity contribution is 9.10. The Bertz CT molecular complexity index is 525. The average molecular weight is 313 g/mol. The smallest absolute Gasteiger partial charge is 0.298 e. The largest absolute Gasteiger partial charge is 0.429 e. The Balaban J connectivity index is 2.19. The molecule has 0 radical (unpaired) electrons. The first-order valence-corrected chi connectivity index (χ1v) is 6.90. The lowest BCUT2D eigenvalue weighted by Gasteiger charge is -2.04. The van der Waals surface area contributed by atoms with Crippen LogP contribution in [0.25, 0.3) is 0 Å². The number of hydrogen-bond acceptors (Lipinski definition) is 4. The van der Waals surface area contributed by atoms with E-state index >= 15 is 0 Å². The highest BCUT2D eigenvalue weighted by atomic mass is 79.9. The van der Waals surface area contributed by atoms with E-state index in [2.05, 4.69) is 39.1 Å². The van der Waals surface area contributed by atoms with Gasteiger partial charge in [-0.1, -0.05) is 19.9 Å². The van der Waals surface area contributed by atoms with E-state index in [9.17, 15) is 0 Å². The summed E-state index contributed by atoms with van der Waals surface area (Å²) in [5.74, 6) is 1.92. The summed E-state index contributed by atoms with van der Waals surface area (Å²) in [5, 5.41) is 0.582. The van der Waals surface area contributed by atoms with Crippen molar-refractivity contribution in [2.24, 2.45) is 0 Å². The Hall–Kier alpha value is -0.940. The van der Waals surface area contributed by atoms with Gasteiger partial charge in [-0.05, 0) is 40.5 Å². The molecule has 0 saturated heterocycles. The molecule has 0 aliphatic heterocycles. The van der Waals surface area contributed by atoms with Crippen LogP contribution in [-0.2, 0) is 0 Å². The van der Waals surface area contributed by atoms with E-state index in [4.69, 9.17) is 4.74 Å². The van der Waals surface area contributed by atoms with Gasteiger partial charge in [0.15, 0.2) is 0 Å². The van der Waals surface area contributed by atoms with E-state index in [1.54, 1.807) is 0 Å². The van der Waals surface area contributed by atoms with Crippen LogP contribution in [0, 0.1) is 6.92 Å². The third-order valence-electron chi connectivity index (χ3n) is 2.22. The molecule has 1 aromatic heterocycles. The molecule has 5 heteroatoms. The fourth-order valence-corrected chi connectivity index (χ4v) is 2.54. The number of aryl methyl sites for hydroxylation is 1. The van der Waals surface area contributed by atoms with Crippen LogP contribution in [0.4, 0.5) is 0 Å². The molecule has 0 saturated carbocycles. The second-order valence-electron chi connectivity index (χ2n) is 4.11. The zero-order valence-corrected chi connectivity index (χ0v) is 12.3. The van der Waals surface area contributed by atoms with Crippen molar-refractivity contribution in [1.82, 2.24) is 9.36 Å². The summed E-state index contributed by atoms with van der Waals surface area (Å²) >= 11 is 4.75. The topological polar surface area (TPSA) is 35.0 Å². The standard InChI is InChI=1S/C12H13BrN2OS/c1-7(2)11-14-12(17-15-11)16-10-5-4-8(3)6-9(10)13/h4-7H,1-3H3. The molecule has 1 heterocycles. The van der Waals surface area contributed by atoms with E-state index in [0.29, 0.717) is 11.1 Å². The first kappa shape index (κ1) is 12.5. The van der Waals surface area contributed by atoms with Gasteiger partial charge in [0.05, 0.1) is 4.47 Å². The molecule has 2 aromatic rings.